The summed E-state index contributed by atoms with van der Waals surface area (Å²) < 4.78 is 38.9. The molecule has 1 aromatic carbocycles. The summed E-state index contributed by atoms with van der Waals surface area (Å²) in [7, 11) is 1.41. The molecule has 3 rings (SSSR count). The van der Waals surface area contributed by atoms with E-state index in [1.54, 1.807) is 4.90 Å². The lowest BCUT2D eigenvalue weighted by Crippen LogP contribution is -2.53. The number of hydrogen-bond acceptors (Lipinski definition) is 4. The maximum Gasteiger partial charge on any atom is 0.416 e. The van der Waals surface area contributed by atoms with E-state index in [1.807, 2.05) is 4.90 Å². The van der Waals surface area contributed by atoms with Gasteiger partial charge in [-0.05, 0) is 30.2 Å². The normalized spacial score (nSPS) is 18.9. The smallest absolute Gasteiger partial charge is 0.364 e. The monoisotopic (exact) mass is 410 g/mol. The Hall–Kier alpha value is -2.91. The molecule has 1 aromatic rings. The molecule has 1 saturated heterocycles. The average Bonchev–Trinajstić information content (AvgIpc) is 3.06. The minimum absolute atomic E-state index is 0.0116. The van der Waals surface area contributed by atoms with Crippen molar-refractivity contribution in [2.24, 2.45) is 4.99 Å². The number of carbonyl (C=O) groups is 3. The molecule has 10 heteroatoms. The van der Waals surface area contributed by atoms with Gasteiger partial charge in [0.25, 0.3) is 5.91 Å². The Bertz CT molecular complexity index is 854. The van der Waals surface area contributed by atoms with Crippen LogP contribution in [0.15, 0.2) is 23.2 Å². The summed E-state index contributed by atoms with van der Waals surface area (Å²) >= 11 is 0. The first kappa shape index (κ1) is 20.8. The maximum atomic E-state index is 13.0. The van der Waals surface area contributed by atoms with E-state index in [9.17, 15) is 27.6 Å². The second-order valence-corrected chi connectivity index (χ2v) is 6.99. The van der Waals surface area contributed by atoms with Gasteiger partial charge in [-0.2, -0.15) is 13.2 Å². The van der Waals surface area contributed by atoms with E-state index in [2.05, 4.69) is 10.3 Å². The van der Waals surface area contributed by atoms with Crippen molar-refractivity contribution in [3.05, 3.63) is 29.3 Å². The summed E-state index contributed by atoms with van der Waals surface area (Å²) in [5.74, 6) is -0.694. The number of nitrogens with zero attached hydrogens (tertiary/aromatic N) is 3. The zero-order valence-electron chi connectivity index (χ0n) is 15.8. The number of aliphatic imine (C=N–C) groups is 1. The fourth-order valence-corrected chi connectivity index (χ4v) is 3.86. The molecule has 2 aliphatic rings. The van der Waals surface area contributed by atoms with Gasteiger partial charge in [-0.25, -0.2) is 4.99 Å². The Balaban J connectivity index is 1.63. The third-order valence-corrected chi connectivity index (χ3v) is 5.28. The SMILES string of the molecule is CNC(=O)C(CCC(=O)N1CCN2c3ccc(C(F)(F)F)cc3CC2C1)=NC=O. The molecule has 0 aromatic heterocycles. The molecule has 2 aliphatic heterocycles. The molecule has 156 valence electrons. The van der Waals surface area contributed by atoms with Crippen LogP contribution in [-0.2, 0) is 27.0 Å². The zero-order valence-corrected chi connectivity index (χ0v) is 15.8. The van der Waals surface area contributed by atoms with E-state index in [1.165, 1.54) is 19.2 Å². The summed E-state index contributed by atoms with van der Waals surface area (Å²) in [4.78, 5) is 41.9. The van der Waals surface area contributed by atoms with Crippen LogP contribution in [0.1, 0.15) is 24.0 Å². The van der Waals surface area contributed by atoms with Crippen molar-refractivity contribution in [3.8, 4) is 0 Å². The number of benzene rings is 1. The zero-order chi connectivity index (χ0) is 21.2. The fraction of sp³-hybridized carbons (Fsp3) is 0.474. The number of nitrogens with one attached hydrogen (secondary N) is 1. The van der Waals surface area contributed by atoms with Gasteiger partial charge in [0.2, 0.25) is 12.3 Å². The number of amides is 3. The van der Waals surface area contributed by atoms with Crippen LogP contribution in [0, 0.1) is 0 Å². The molecule has 0 radical (unpaired) electrons. The van der Waals surface area contributed by atoms with Crippen molar-refractivity contribution in [1.82, 2.24) is 10.2 Å². The Kier molecular flexibility index (Phi) is 5.90. The number of halogens is 3. The molecule has 2 heterocycles. The van der Waals surface area contributed by atoms with Gasteiger partial charge in [0.05, 0.1) is 11.6 Å². The van der Waals surface area contributed by atoms with E-state index in [-0.39, 0.29) is 36.9 Å². The van der Waals surface area contributed by atoms with Gasteiger partial charge in [-0.15, -0.1) is 0 Å². The predicted molar refractivity (Wildman–Crippen MR) is 99.7 cm³/mol. The van der Waals surface area contributed by atoms with E-state index < -0.39 is 17.6 Å². The molecule has 0 spiro atoms. The maximum absolute atomic E-state index is 13.0. The van der Waals surface area contributed by atoms with Gasteiger partial charge >= 0.3 is 6.18 Å². The van der Waals surface area contributed by atoms with Crippen molar-refractivity contribution < 1.29 is 27.6 Å². The van der Waals surface area contributed by atoms with Crippen LogP contribution in [0.4, 0.5) is 18.9 Å². The van der Waals surface area contributed by atoms with Crippen molar-refractivity contribution in [2.75, 3.05) is 31.6 Å². The fourth-order valence-electron chi connectivity index (χ4n) is 3.86. The molecular formula is C19H21F3N4O3. The van der Waals surface area contributed by atoms with Gasteiger partial charge in [0, 0.05) is 45.2 Å². The van der Waals surface area contributed by atoms with Gasteiger partial charge in [0.1, 0.15) is 5.71 Å². The van der Waals surface area contributed by atoms with Crippen LogP contribution in [0.25, 0.3) is 0 Å². The molecule has 0 aliphatic carbocycles. The van der Waals surface area contributed by atoms with Crippen LogP contribution >= 0.6 is 0 Å². The average molecular weight is 410 g/mol. The predicted octanol–water partition coefficient (Wildman–Crippen LogP) is 1.40. The third kappa shape index (κ3) is 4.41. The Morgan fingerprint density at radius 1 is 1.28 bits per heavy atom. The van der Waals surface area contributed by atoms with Crippen LogP contribution in [0.2, 0.25) is 0 Å². The highest BCUT2D eigenvalue weighted by molar-refractivity contribution is 6.40. The van der Waals surface area contributed by atoms with Crippen molar-refractivity contribution in [2.45, 2.75) is 31.5 Å². The summed E-state index contributed by atoms with van der Waals surface area (Å²) in [5, 5.41) is 2.37. The first-order valence-corrected chi connectivity index (χ1v) is 9.21. The quantitative estimate of drug-likeness (QED) is 0.588. The molecule has 0 saturated carbocycles. The van der Waals surface area contributed by atoms with E-state index in [0.29, 0.717) is 31.6 Å². The highest BCUT2D eigenvalue weighted by Gasteiger charge is 2.38. The number of piperazine rings is 1. The minimum Gasteiger partial charge on any atom is -0.364 e. The highest BCUT2D eigenvalue weighted by atomic mass is 19.4. The number of carbonyl (C=O) groups excluding carboxylic acids is 3. The number of hydrogen-bond donors (Lipinski definition) is 1. The molecule has 1 atom stereocenters. The molecule has 0 bridgehead atoms. The van der Waals surface area contributed by atoms with E-state index in [0.717, 1.165) is 11.8 Å². The Morgan fingerprint density at radius 2 is 2.03 bits per heavy atom. The lowest BCUT2D eigenvalue weighted by molar-refractivity contribution is -0.137. The summed E-state index contributed by atoms with van der Waals surface area (Å²) in [6.07, 6.45) is -3.61. The summed E-state index contributed by atoms with van der Waals surface area (Å²) in [6.45, 7) is 1.37. The van der Waals surface area contributed by atoms with Crippen LogP contribution < -0.4 is 10.2 Å². The van der Waals surface area contributed by atoms with Crippen LogP contribution in [-0.4, -0.2) is 61.6 Å². The van der Waals surface area contributed by atoms with Crippen LogP contribution in [0.5, 0.6) is 0 Å². The third-order valence-electron chi connectivity index (χ3n) is 5.28. The van der Waals surface area contributed by atoms with Crippen molar-refractivity contribution in [1.29, 1.82) is 0 Å². The first-order valence-electron chi connectivity index (χ1n) is 9.21. The van der Waals surface area contributed by atoms with E-state index in [4.69, 9.17) is 0 Å². The van der Waals surface area contributed by atoms with Crippen molar-refractivity contribution >= 4 is 29.6 Å². The van der Waals surface area contributed by atoms with Crippen molar-refractivity contribution in [3.63, 3.8) is 0 Å². The second-order valence-electron chi connectivity index (χ2n) is 6.99. The number of fused-ring (bicyclic) bond motifs is 3. The topological polar surface area (TPSA) is 82.1 Å². The summed E-state index contributed by atoms with van der Waals surface area (Å²) in [5.41, 5.74) is 0.747. The van der Waals surface area contributed by atoms with Gasteiger partial charge in [0.15, 0.2) is 0 Å². The molecule has 29 heavy (non-hydrogen) atoms. The van der Waals surface area contributed by atoms with Gasteiger partial charge in [-0.3, -0.25) is 14.4 Å². The Labute approximate surface area is 165 Å². The molecular weight excluding hydrogens is 389 g/mol. The molecule has 1 unspecified atom stereocenters. The molecule has 7 nitrogen and oxygen atoms in total. The second kappa shape index (κ2) is 8.22. The standard InChI is InChI=1S/C19H21F3N4O3/c1-23-18(29)15(24-11-27)3-5-17(28)25-6-7-26-14(10-25)9-12-8-13(19(20,21)22)2-4-16(12)26/h2,4,8,11,14H,3,5-7,9-10H2,1H3,(H,23,29). The number of rotatable bonds is 5. The number of anilines is 1. The minimum atomic E-state index is -4.38. The molecule has 1 fully saturated rings. The van der Waals surface area contributed by atoms with Crippen LogP contribution in [0.3, 0.4) is 0 Å². The summed E-state index contributed by atoms with van der Waals surface area (Å²) in [6, 6.07) is 3.70. The Morgan fingerprint density at radius 3 is 2.69 bits per heavy atom. The van der Waals surface area contributed by atoms with Gasteiger partial charge < -0.3 is 15.1 Å². The van der Waals surface area contributed by atoms with Gasteiger partial charge in [-0.1, -0.05) is 0 Å². The van der Waals surface area contributed by atoms with E-state index >= 15 is 0 Å². The lowest BCUT2D eigenvalue weighted by Gasteiger charge is -2.39. The number of alkyl halides is 3. The molecule has 1 N–H and O–H groups in total. The molecule has 3 amide bonds. The lowest BCUT2D eigenvalue weighted by atomic mass is 10.1. The first-order chi connectivity index (χ1) is 13.7. The highest BCUT2D eigenvalue weighted by Crippen LogP contribution is 2.38. The largest absolute Gasteiger partial charge is 0.416 e.